The second-order valence-corrected chi connectivity index (χ2v) is 8.52. The molecule has 0 aliphatic carbocycles. The maximum atomic E-state index is 15.1. The first-order valence-electron chi connectivity index (χ1n) is 10.4. The first-order valence-corrected chi connectivity index (χ1v) is 10.4. The van der Waals surface area contributed by atoms with Gasteiger partial charge in [0.2, 0.25) is 0 Å². The fourth-order valence-electron chi connectivity index (χ4n) is 3.35. The van der Waals surface area contributed by atoms with E-state index in [0.29, 0.717) is 6.07 Å². The molecule has 0 radical (unpaired) electrons. The lowest BCUT2D eigenvalue weighted by atomic mass is 10.2. The van der Waals surface area contributed by atoms with Crippen LogP contribution in [-0.4, -0.2) is 25.8 Å². The molecule has 2 aromatic heterocycles. The Labute approximate surface area is 193 Å². The molecule has 0 fully saturated rings. The molecule has 8 nitrogen and oxygen atoms in total. The van der Waals surface area contributed by atoms with Crippen molar-refractivity contribution in [2.24, 2.45) is 0 Å². The van der Waals surface area contributed by atoms with Gasteiger partial charge in [-0.25, -0.2) is 23.1 Å². The van der Waals surface area contributed by atoms with Crippen LogP contribution >= 0.6 is 0 Å². The maximum absolute atomic E-state index is 15.1. The summed E-state index contributed by atoms with van der Waals surface area (Å²) in [5.74, 6) is -2.20. The van der Waals surface area contributed by atoms with Gasteiger partial charge in [0.25, 0.3) is 5.56 Å². The van der Waals surface area contributed by atoms with Gasteiger partial charge in [-0.2, -0.15) is 0 Å². The largest absolute Gasteiger partial charge is 0.452 e. The number of hydrogen-bond donors (Lipinski definition) is 1. The number of ether oxygens (including phenoxy) is 2. The summed E-state index contributed by atoms with van der Waals surface area (Å²) in [7, 11) is 0. The van der Waals surface area contributed by atoms with E-state index in [9.17, 15) is 14.0 Å². The summed E-state index contributed by atoms with van der Waals surface area (Å²) in [5.41, 5.74) is 3.66. The third kappa shape index (κ3) is 4.47. The Balaban J connectivity index is 1.95. The molecule has 0 unspecified atom stereocenters. The molecule has 0 atom stereocenters. The number of nitrogens with two attached hydrogens (primary N) is 1. The van der Waals surface area contributed by atoms with Crippen LogP contribution in [0.3, 0.4) is 0 Å². The molecule has 4 rings (SSSR count). The Morgan fingerprint density at radius 1 is 1.09 bits per heavy atom. The van der Waals surface area contributed by atoms with Gasteiger partial charge in [-0.3, -0.25) is 4.79 Å². The minimum absolute atomic E-state index is 0.0206. The highest BCUT2D eigenvalue weighted by molar-refractivity contribution is 5.91. The first-order chi connectivity index (χ1) is 16.0. The van der Waals surface area contributed by atoms with E-state index in [0.717, 1.165) is 4.57 Å². The highest BCUT2D eigenvalue weighted by atomic mass is 19.1. The molecule has 0 amide bonds. The van der Waals surface area contributed by atoms with E-state index in [1.165, 1.54) is 16.8 Å². The smallest absolute Gasteiger partial charge is 0.420 e. The summed E-state index contributed by atoms with van der Waals surface area (Å²) in [6.45, 7) is 4.67. The van der Waals surface area contributed by atoms with Crippen molar-refractivity contribution in [3.8, 4) is 11.5 Å². The number of rotatable bonds is 4. The van der Waals surface area contributed by atoms with Gasteiger partial charge in [0.05, 0.1) is 12.2 Å². The average Bonchev–Trinajstić information content (AvgIpc) is 3.14. The van der Waals surface area contributed by atoms with Crippen LogP contribution in [0.2, 0.25) is 0 Å². The summed E-state index contributed by atoms with van der Waals surface area (Å²) >= 11 is 0. The molecule has 0 aliphatic rings. The molecule has 10 heteroatoms. The number of carbonyl (C=O) groups excluding carboxylic acids is 1. The number of fused-ring (bicyclic) bond motifs is 1. The lowest BCUT2D eigenvalue weighted by Gasteiger charge is -2.20. The van der Waals surface area contributed by atoms with E-state index in [4.69, 9.17) is 15.2 Å². The lowest BCUT2D eigenvalue weighted by molar-refractivity contribution is 0.0537. The molecule has 0 aliphatic heterocycles. The fraction of sp³-hybridized carbons (Fsp3) is 0.208. The zero-order valence-corrected chi connectivity index (χ0v) is 18.7. The Hall–Kier alpha value is -4.21. The molecule has 0 saturated heterocycles. The molecule has 176 valence electrons. The van der Waals surface area contributed by atoms with E-state index >= 15 is 4.39 Å². The van der Waals surface area contributed by atoms with Gasteiger partial charge in [0, 0.05) is 12.3 Å². The average molecular weight is 468 g/mol. The minimum Gasteiger partial charge on any atom is -0.452 e. The number of para-hydroxylation sites is 1. The number of nitrogens with zero attached hydrogens (tertiary/aromatic N) is 3. The Bertz CT molecular complexity index is 1440. The molecule has 0 bridgehead atoms. The number of pyridine rings is 1. The normalized spacial score (nSPS) is 11.6. The van der Waals surface area contributed by atoms with Crippen LogP contribution < -0.4 is 16.0 Å². The molecule has 0 saturated carbocycles. The van der Waals surface area contributed by atoms with E-state index in [-0.39, 0.29) is 40.6 Å². The van der Waals surface area contributed by atoms with Crippen molar-refractivity contribution in [3.05, 3.63) is 82.5 Å². The first kappa shape index (κ1) is 23.0. The predicted molar refractivity (Wildman–Crippen MR) is 122 cm³/mol. The summed E-state index contributed by atoms with van der Waals surface area (Å²) in [4.78, 5) is 29.9. The summed E-state index contributed by atoms with van der Waals surface area (Å²) in [5, 5.41) is 0. The number of hydrogen-bond acceptors (Lipinski definition) is 6. The highest BCUT2D eigenvalue weighted by Gasteiger charge is 2.29. The van der Waals surface area contributed by atoms with Gasteiger partial charge in [-0.1, -0.05) is 18.2 Å². The van der Waals surface area contributed by atoms with Crippen LogP contribution in [-0.2, 0) is 11.3 Å². The quantitative estimate of drug-likeness (QED) is 0.467. The number of benzene rings is 2. The summed E-state index contributed by atoms with van der Waals surface area (Å²) < 4.78 is 43.1. The van der Waals surface area contributed by atoms with Gasteiger partial charge in [-0.05, 0) is 45.0 Å². The zero-order chi connectivity index (χ0) is 24.6. The topological polar surface area (TPSA) is 101 Å². The summed E-state index contributed by atoms with van der Waals surface area (Å²) in [6.07, 6.45) is 0.494. The van der Waals surface area contributed by atoms with Crippen LogP contribution in [0.4, 0.5) is 19.3 Å². The van der Waals surface area contributed by atoms with Gasteiger partial charge >= 0.3 is 6.09 Å². The van der Waals surface area contributed by atoms with Crippen molar-refractivity contribution in [1.82, 2.24) is 14.1 Å². The van der Waals surface area contributed by atoms with Crippen molar-refractivity contribution in [1.29, 1.82) is 0 Å². The molecule has 2 heterocycles. The van der Waals surface area contributed by atoms with Gasteiger partial charge in [0.1, 0.15) is 28.2 Å². The highest BCUT2D eigenvalue weighted by Crippen LogP contribution is 2.35. The van der Waals surface area contributed by atoms with Gasteiger partial charge < -0.3 is 19.8 Å². The fourth-order valence-corrected chi connectivity index (χ4v) is 3.35. The van der Waals surface area contributed by atoms with E-state index in [1.807, 2.05) is 0 Å². The Morgan fingerprint density at radius 3 is 2.47 bits per heavy atom. The number of halogens is 2. The maximum Gasteiger partial charge on any atom is 0.420 e. The van der Waals surface area contributed by atoms with Crippen LogP contribution in [0.15, 0.2) is 59.5 Å². The van der Waals surface area contributed by atoms with Crippen LogP contribution in [0.5, 0.6) is 11.5 Å². The van der Waals surface area contributed by atoms with Gasteiger partial charge in [0.15, 0.2) is 17.4 Å². The molecule has 2 N–H and O–H groups in total. The number of anilines is 1. The molecule has 34 heavy (non-hydrogen) atoms. The van der Waals surface area contributed by atoms with Crippen LogP contribution in [0, 0.1) is 11.6 Å². The van der Waals surface area contributed by atoms with E-state index < -0.39 is 28.9 Å². The Kier molecular flexibility index (Phi) is 5.82. The number of aromatic nitrogens is 3. The lowest BCUT2D eigenvalue weighted by Crippen LogP contribution is -2.30. The molecule has 4 aromatic rings. The monoisotopic (exact) mass is 468 g/mol. The standard InChI is InChI=1S/C24H22F2N4O4/c1-24(2,3)34-23(32)30-18(13-29-11-7-10-17(27)22(29)31)28-19-20(30)15(25)12-16(26)21(19)33-14-8-5-4-6-9-14/h4-12H,13,27H2,1-3H3. The van der Waals surface area contributed by atoms with Gasteiger partial charge in [-0.15, -0.1) is 0 Å². The molecular formula is C24H22F2N4O4. The number of imidazole rings is 1. The van der Waals surface area contributed by atoms with Crippen molar-refractivity contribution >= 4 is 22.8 Å². The predicted octanol–water partition coefficient (Wildman–Crippen LogP) is 4.68. The number of carbonyl (C=O) groups is 1. The second-order valence-electron chi connectivity index (χ2n) is 8.52. The van der Waals surface area contributed by atoms with Crippen molar-refractivity contribution in [2.75, 3.05) is 5.73 Å². The van der Waals surface area contributed by atoms with Crippen molar-refractivity contribution in [2.45, 2.75) is 32.9 Å². The van der Waals surface area contributed by atoms with Crippen LogP contribution in [0.25, 0.3) is 11.0 Å². The van der Waals surface area contributed by atoms with Crippen molar-refractivity contribution < 1.29 is 23.0 Å². The SMILES string of the molecule is CC(C)(C)OC(=O)n1c(Cn2cccc(N)c2=O)nc2c(Oc3ccccc3)c(F)cc(F)c21. The van der Waals surface area contributed by atoms with Crippen LogP contribution in [0.1, 0.15) is 26.6 Å². The minimum atomic E-state index is -1.04. The second kappa shape index (κ2) is 8.62. The molecule has 0 spiro atoms. The summed E-state index contributed by atoms with van der Waals surface area (Å²) in [6, 6.07) is 11.9. The third-order valence-corrected chi connectivity index (χ3v) is 4.76. The zero-order valence-electron chi connectivity index (χ0n) is 18.7. The van der Waals surface area contributed by atoms with E-state index in [1.54, 1.807) is 57.2 Å². The molecule has 2 aromatic carbocycles. The third-order valence-electron chi connectivity index (χ3n) is 4.76. The number of nitrogen functional groups attached to an aromatic ring is 1. The van der Waals surface area contributed by atoms with Crippen molar-refractivity contribution in [3.63, 3.8) is 0 Å². The Morgan fingerprint density at radius 2 is 1.79 bits per heavy atom. The van der Waals surface area contributed by atoms with E-state index in [2.05, 4.69) is 4.98 Å². The molecular weight excluding hydrogens is 446 g/mol.